The van der Waals surface area contributed by atoms with Crippen molar-refractivity contribution in [2.24, 2.45) is 0 Å². The Morgan fingerprint density at radius 3 is 2.90 bits per heavy atom. The molecule has 3 heterocycles. The SMILES string of the molecule is CCc1nnc(CN2CCCCC2c2n[nH]c(=O)[nH]2)o1. The number of aryl methyl sites for hydroxylation is 1. The number of nitrogens with zero attached hydrogens (tertiary/aromatic N) is 4. The molecule has 0 saturated carbocycles. The minimum absolute atomic E-state index is 0.0969. The van der Waals surface area contributed by atoms with Crippen molar-refractivity contribution in [1.29, 1.82) is 0 Å². The first kappa shape index (κ1) is 13.0. The maximum atomic E-state index is 11.2. The zero-order chi connectivity index (χ0) is 13.9. The van der Waals surface area contributed by atoms with Crippen LogP contribution in [0.1, 0.15) is 49.8 Å². The van der Waals surface area contributed by atoms with Gasteiger partial charge in [0, 0.05) is 6.42 Å². The quantitative estimate of drug-likeness (QED) is 0.856. The normalized spacial score (nSPS) is 20.4. The zero-order valence-corrected chi connectivity index (χ0v) is 11.4. The molecule has 2 aromatic rings. The summed E-state index contributed by atoms with van der Waals surface area (Å²) < 4.78 is 5.56. The van der Waals surface area contributed by atoms with Gasteiger partial charge in [0.05, 0.1) is 12.6 Å². The molecule has 1 aliphatic rings. The molecule has 3 rings (SSSR count). The molecule has 0 spiro atoms. The van der Waals surface area contributed by atoms with E-state index in [9.17, 15) is 4.79 Å². The Kier molecular flexibility index (Phi) is 3.64. The third kappa shape index (κ3) is 2.64. The summed E-state index contributed by atoms with van der Waals surface area (Å²) in [6, 6.07) is 0.0969. The lowest BCUT2D eigenvalue weighted by Gasteiger charge is -2.32. The average Bonchev–Trinajstić information content (AvgIpc) is 3.08. The molecule has 1 aliphatic heterocycles. The first-order valence-corrected chi connectivity index (χ1v) is 6.96. The van der Waals surface area contributed by atoms with E-state index in [0.717, 1.165) is 32.2 Å². The van der Waals surface area contributed by atoms with Gasteiger partial charge in [0.25, 0.3) is 0 Å². The van der Waals surface area contributed by atoms with Crippen molar-refractivity contribution >= 4 is 0 Å². The Hall–Kier alpha value is -1.96. The number of piperidine rings is 1. The highest BCUT2D eigenvalue weighted by molar-refractivity contribution is 4.96. The molecule has 1 unspecified atom stereocenters. The minimum atomic E-state index is -0.267. The highest BCUT2D eigenvalue weighted by Crippen LogP contribution is 2.29. The number of rotatable bonds is 4. The van der Waals surface area contributed by atoms with Gasteiger partial charge in [-0.3, -0.25) is 9.88 Å². The monoisotopic (exact) mass is 278 g/mol. The number of hydrogen-bond donors (Lipinski definition) is 2. The molecule has 0 radical (unpaired) electrons. The number of nitrogens with one attached hydrogen (secondary N) is 2. The number of aromatic nitrogens is 5. The third-order valence-corrected chi connectivity index (χ3v) is 3.60. The fourth-order valence-corrected chi connectivity index (χ4v) is 2.60. The summed E-state index contributed by atoms with van der Waals surface area (Å²) in [5.41, 5.74) is -0.267. The lowest BCUT2D eigenvalue weighted by molar-refractivity contribution is 0.121. The van der Waals surface area contributed by atoms with Crippen LogP contribution >= 0.6 is 0 Å². The molecule has 20 heavy (non-hydrogen) atoms. The van der Waals surface area contributed by atoms with Crippen LogP contribution in [0, 0.1) is 0 Å². The number of hydrogen-bond acceptors (Lipinski definition) is 6. The van der Waals surface area contributed by atoms with Crippen LogP contribution in [0.25, 0.3) is 0 Å². The van der Waals surface area contributed by atoms with Gasteiger partial charge in [-0.1, -0.05) is 13.3 Å². The second kappa shape index (κ2) is 5.58. The van der Waals surface area contributed by atoms with Crippen LogP contribution in [-0.4, -0.2) is 36.8 Å². The summed E-state index contributed by atoms with van der Waals surface area (Å²) in [6.45, 7) is 3.51. The first-order chi connectivity index (χ1) is 9.76. The molecule has 1 atom stereocenters. The Morgan fingerprint density at radius 2 is 2.20 bits per heavy atom. The van der Waals surface area contributed by atoms with Gasteiger partial charge in [-0.2, -0.15) is 5.10 Å². The van der Waals surface area contributed by atoms with Crippen molar-refractivity contribution in [3.8, 4) is 0 Å². The Labute approximate surface area is 115 Å². The lowest BCUT2D eigenvalue weighted by atomic mass is 10.0. The summed E-state index contributed by atoms with van der Waals surface area (Å²) >= 11 is 0. The van der Waals surface area contributed by atoms with Crippen molar-refractivity contribution in [1.82, 2.24) is 30.3 Å². The van der Waals surface area contributed by atoms with Crippen molar-refractivity contribution in [3.05, 3.63) is 28.1 Å². The molecular weight excluding hydrogens is 260 g/mol. The summed E-state index contributed by atoms with van der Waals surface area (Å²) in [5, 5.41) is 14.5. The molecule has 1 fully saturated rings. The van der Waals surface area contributed by atoms with E-state index in [1.807, 2.05) is 6.92 Å². The summed E-state index contributed by atoms with van der Waals surface area (Å²) in [4.78, 5) is 16.2. The molecule has 1 saturated heterocycles. The predicted molar refractivity (Wildman–Crippen MR) is 69.9 cm³/mol. The van der Waals surface area contributed by atoms with Gasteiger partial charge >= 0.3 is 5.69 Å². The van der Waals surface area contributed by atoms with E-state index in [4.69, 9.17) is 4.42 Å². The van der Waals surface area contributed by atoms with E-state index in [1.54, 1.807) is 0 Å². The van der Waals surface area contributed by atoms with Crippen molar-refractivity contribution < 1.29 is 4.42 Å². The smallest absolute Gasteiger partial charge is 0.340 e. The Balaban J connectivity index is 1.76. The van der Waals surface area contributed by atoms with Crippen LogP contribution in [0.3, 0.4) is 0 Å². The molecule has 8 heteroatoms. The van der Waals surface area contributed by atoms with E-state index < -0.39 is 0 Å². The van der Waals surface area contributed by atoms with Crippen molar-refractivity contribution in [3.63, 3.8) is 0 Å². The maximum Gasteiger partial charge on any atom is 0.340 e. The molecule has 2 N–H and O–H groups in total. The topological polar surface area (TPSA) is 104 Å². The van der Waals surface area contributed by atoms with Gasteiger partial charge in [0.15, 0.2) is 0 Å². The fraction of sp³-hybridized carbons (Fsp3) is 0.667. The van der Waals surface area contributed by atoms with E-state index in [-0.39, 0.29) is 11.7 Å². The van der Waals surface area contributed by atoms with Crippen LogP contribution in [0.5, 0.6) is 0 Å². The number of aromatic amines is 2. The minimum Gasteiger partial charge on any atom is -0.424 e. The van der Waals surface area contributed by atoms with Gasteiger partial charge < -0.3 is 4.42 Å². The van der Waals surface area contributed by atoms with Crippen molar-refractivity contribution in [2.45, 2.75) is 45.2 Å². The van der Waals surface area contributed by atoms with Gasteiger partial charge in [-0.05, 0) is 19.4 Å². The number of likely N-dealkylation sites (tertiary alicyclic amines) is 1. The molecule has 0 aliphatic carbocycles. The Bertz CT molecular complexity index is 615. The average molecular weight is 278 g/mol. The summed E-state index contributed by atoms with van der Waals surface area (Å²) in [7, 11) is 0. The van der Waals surface area contributed by atoms with Crippen LogP contribution in [0.2, 0.25) is 0 Å². The van der Waals surface area contributed by atoms with E-state index >= 15 is 0 Å². The predicted octanol–water partition coefficient (Wildman–Crippen LogP) is 0.771. The lowest BCUT2D eigenvalue weighted by Crippen LogP contribution is -2.33. The second-order valence-electron chi connectivity index (χ2n) is 4.99. The van der Waals surface area contributed by atoms with Gasteiger partial charge in [0.1, 0.15) is 5.82 Å². The molecular formula is C12H18N6O2. The van der Waals surface area contributed by atoms with Crippen LogP contribution in [0.4, 0.5) is 0 Å². The third-order valence-electron chi connectivity index (χ3n) is 3.60. The second-order valence-corrected chi connectivity index (χ2v) is 4.99. The number of H-pyrrole nitrogens is 2. The highest BCUT2D eigenvalue weighted by Gasteiger charge is 2.27. The fourth-order valence-electron chi connectivity index (χ4n) is 2.60. The first-order valence-electron chi connectivity index (χ1n) is 6.96. The van der Waals surface area contributed by atoms with Gasteiger partial charge in [0.2, 0.25) is 11.8 Å². The standard InChI is InChI=1S/C12H18N6O2/c1-2-9-14-15-10(20-9)7-18-6-4-3-5-8(18)11-13-12(19)17-16-11/h8H,2-7H2,1H3,(H2,13,16,17,19). The van der Waals surface area contributed by atoms with E-state index in [2.05, 4.69) is 30.3 Å². The maximum absolute atomic E-state index is 11.2. The highest BCUT2D eigenvalue weighted by atomic mass is 16.4. The van der Waals surface area contributed by atoms with Crippen molar-refractivity contribution in [2.75, 3.05) is 6.54 Å². The summed E-state index contributed by atoms with van der Waals surface area (Å²) in [6.07, 6.45) is 3.96. The Morgan fingerprint density at radius 1 is 1.35 bits per heavy atom. The summed E-state index contributed by atoms with van der Waals surface area (Å²) in [5.74, 6) is 1.96. The molecule has 0 bridgehead atoms. The zero-order valence-electron chi connectivity index (χ0n) is 11.4. The van der Waals surface area contributed by atoms with E-state index in [0.29, 0.717) is 24.2 Å². The van der Waals surface area contributed by atoms with Crippen LogP contribution in [0.15, 0.2) is 9.21 Å². The molecule has 108 valence electrons. The van der Waals surface area contributed by atoms with Crippen LogP contribution < -0.4 is 5.69 Å². The van der Waals surface area contributed by atoms with E-state index in [1.165, 1.54) is 0 Å². The molecule has 0 amide bonds. The molecule has 0 aromatic carbocycles. The molecule has 2 aromatic heterocycles. The molecule has 8 nitrogen and oxygen atoms in total. The van der Waals surface area contributed by atoms with Gasteiger partial charge in [-0.25, -0.2) is 9.89 Å². The van der Waals surface area contributed by atoms with Crippen LogP contribution in [-0.2, 0) is 13.0 Å². The van der Waals surface area contributed by atoms with Gasteiger partial charge in [-0.15, -0.1) is 10.2 Å². The largest absolute Gasteiger partial charge is 0.424 e.